The minimum Gasteiger partial charge on any atom is -0.491 e. The Labute approximate surface area is 208 Å². The van der Waals surface area contributed by atoms with Crippen LogP contribution in [0, 0.1) is 5.82 Å². The van der Waals surface area contributed by atoms with Gasteiger partial charge in [0.25, 0.3) is 11.8 Å². The number of rotatable bonds is 2. The first-order chi connectivity index (χ1) is 17.5. The Bertz CT molecular complexity index is 1230. The zero-order valence-corrected chi connectivity index (χ0v) is 20.0. The summed E-state index contributed by atoms with van der Waals surface area (Å²) in [5.41, 5.74) is 1.59. The van der Waals surface area contributed by atoms with Crippen LogP contribution in [-0.4, -0.2) is 65.4 Å². The van der Waals surface area contributed by atoms with E-state index in [4.69, 9.17) is 9.47 Å². The number of amides is 2. The molecule has 2 aliphatic rings. The number of benzene rings is 2. The molecule has 36 heavy (non-hydrogen) atoms. The predicted octanol–water partition coefficient (Wildman–Crippen LogP) is 3.35. The summed E-state index contributed by atoms with van der Waals surface area (Å²) in [5, 5.41) is 9.95. The average molecular weight is 493 g/mol. The molecule has 2 aliphatic heterocycles. The van der Waals surface area contributed by atoms with Crippen LogP contribution in [0.5, 0.6) is 5.75 Å². The lowest BCUT2D eigenvalue weighted by atomic mass is 9.91. The molecule has 8 nitrogen and oxygen atoms in total. The van der Waals surface area contributed by atoms with Crippen LogP contribution < -0.4 is 10.1 Å². The molecule has 0 aliphatic carbocycles. The van der Waals surface area contributed by atoms with Crippen LogP contribution in [0.1, 0.15) is 35.3 Å². The van der Waals surface area contributed by atoms with Gasteiger partial charge >= 0.3 is 0 Å². The van der Waals surface area contributed by atoms with E-state index in [9.17, 15) is 14.0 Å². The molecule has 3 aromatic rings. The normalized spacial score (nSPS) is 21.0. The third-order valence-corrected chi connectivity index (χ3v) is 6.73. The van der Waals surface area contributed by atoms with Gasteiger partial charge in [-0.15, -0.1) is 0 Å². The summed E-state index contributed by atoms with van der Waals surface area (Å²) in [4.78, 5) is 28.3. The largest absolute Gasteiger partial charge is 0.491 e. The fourth-order valence-corrected chi connectivity index (χ4v) is 4.79. The number of aryl methyl sites for hydroxylation is 1. The lowest BCUT2D eigenvalue weighted by Crippen LogP contribution is -2.61. The number of nitrogens with one attached hydrogen (secondary N) is 2. The lowest BCUT2D eigenvalue weighted by Gasteiger charge is -2.41. The number of para-hydroxylation sites is 1. The van der Waals surface area contributed by atoms with E-state index in [0.29, 0.717) is 43.1 Å². The van der Waals surface area contributed by atoms with E-state index in [0.717, 1.165) is 30.6 Å². The number of H-pyrrole nitrogens is 1. The van der Waals surface area contributed by atoms with Crippen molar-refractivity contribution in [2.75, 3.05) is 32.8 Å². The molecular weight excluding hydrogens is 463 g/mol. The molecule has 1 saturated heterocycles. The monoisotopic (exact) mass is 492 g/mol. The first-order valence-corrected chi connectivity index (χ1v) is 12.3. The molecule has 1 fully saturated rings. The highest BCUT2D eigenvalue weighted by atomic mass is 19.1. The van der Waals surface area contributed by atoms with Crippen molar-refractivity contribution in [3.8, 4) is 17.0 Å². The number of carbonyl (C=O) groups excluding carboxylic acids is 2. The van der Waals surface area contributed by atoms with Crippen molar-refractivity contribution >= 4 is 11.8 Å². The second-order valence-electron chi connectivity index (χ2n) is 9.16. The third kappa shape index (κ3) is 5.11. The van der Waals surface area contributed by atoms with Gasteiger partial charge in [0, 0.05) is 12.1 Å². The fraction of sp³-hybridized carbons (Fsp3) is 0.370. The topological polar surface area (TPSA) is 96.6 Å². The van der Waals surface area contributed by atoms with E-state index in [1.807, 2.05) is 18.2 Å². The molecule has 1 spiro atoms. The van der Waals surface area contributed by atoms with Crippen LogP contribution in [0.15, 0.2) is 54.6 Å². The molecule has 9 heteroatoms. The second kappa shape index (κ2) is 10.5. The molecule has 0 bridgehead atoms. The molecule has 1 aromatic heterocycles. The molecule has 0 radical (unpaired) electrons. The van der Waals surface area contributed by atoms with E-state index >= 15 is 0 Å². The fourth-order valence-electron chi connectivity index (χ4n) is 4.79. The van der Waals surface area contributed by atoms with Gasteiger partial charge in [-0.1, -0.05) is 18.2 Å². The highest BCUT2D eigenvalue weighted by Gasteiger charge is 2.44. The number of halogens is 1. The van der Waals surface area contributed by atoms with Gasteiger partial charge in [-0.3, -0.25) is 14.7 Å². The number of aromatic amines is 1. The molecular formula is C27H29FN4O4. The standard InChI is InChI=1S/C27H29FN4O4/c28-21-10-8-19(9-11-21)22-17-23(31-30-22)25(33)32-14-16-36-27(18-32)12-4-3-6-20-5-1-2-7-24(20)35-15-13-29-26(27)34/h1-2,5,7-11,17H,3-4,6,12-16,18H2,(H,29,34)(H,30,31). The molecule has 5 rings (SSSR count). The number of ether oxygens (including phenoxy) is 2. The number of nitrogens with zero attached hydrogens (tertiary/aromatic N) is 2. The summed E-state index contributed by atoms with van der Waals surface area (Å²) in [7, 11) is 0. The summed E-state index contributed by atoms with van der Waals surface area (Å²) in [6.07, 6.45) is 2.99. The predicted molar refractivity (Wildman–Crippen MR) is 131 cm³/mol. The van der Waals surface area contributed by atoms with Gasteiger partial charge in [-0.2, -0.15) is 5.10 Å². The van der Waals surface area contributed by atoms with Gasteiger partial charge < -0.3 is 19.7 Å². The molecule has 2 amide bonds. The summed E-state index contributed by atoms with van der Waals surface area (Å²) < 4.78 is 25.2. The van der Waals surface area contributed by atoms with Crippen molar-refractivity contribution in [1.29, 1.82) is 0 Å². The highest BCUT2D eigenvalue weighted by Crippen LogP contribution is 2.28. The number of hydrogen-bond acceptors (Lipinski definition) is 5. The Morgan fingerprint density at radius 2 is 1.92 bits per heavy atom. The van der Waals surface area contributed by atoms with Gasteiger partial charge in [0.15, 0.2) is 5.60 Å². The van der Waals surface area contributed by atoms with Gasteiger partial charge in [0.05, 0.1) is 25.4 Å². The second-order valence-corrected chi connectivity index (χ2v) is 9.16. The van der Waals surface area contributed by atoms with Gasteiger partial charge in [-0.05, 0) is 67.6 Å². The van der Waals surface area contributed by atoms with Crippen molar-refractivity contribution in [2.45, 2.75) is 31.3 Å². The molecule has 188 valence electrons. The summed E-state index contributed by atoms with van der Waals surface area (Å²) >= 11 is 0. The SMILES string of the molecule is O=C(c1cc(-c2ccc(F)cc2)n[nH]1)N1CCOC2(CCCCc3ccccc3OCCNC2=O)C1. The molecule has 1 atom stereocenters. The Hall–Kier alpha value is -3.72. The minimum absolute atomic E-state index is 0.153. The van der Waals surface area contributed by atoms with Crippen LogP contribution >= 0.6 is 0 Å². The Morgan fingerprint density at radius 1 is 1.08 bits per heavy atom. The van der Waals surface area contributed by atoms with Crippen LogP contribution in [0.4, 0.5) is 4.39 Å². The van der Waals surface area contributed by atoms with Crippen molar-refractivity contribution in [1.82, 2.24) is 20.4 Å². The van der Waals surface area contributed by atoms with Crippen molar-refractivity contribution in [3.63, 3.8) is 0 Å². The Balaban J connectivity index is 1.30. The summed E-state index contributed by atoms with van der Waals surface area (Å²) in [5.74, 6) is 0.0337. The van der Waals surface area contributed by atoms with Crippen molar-refractivity contribution < 1.29 is 23.5 Å². The number of morpholine rings is 1. The maximum absolute atomic E-state index is 13.3. The first-order valence-electron chi connectivity index (χ1n) is 12.3. The van der Waals surface area contributed by atoms with Crippen LogP contribution in [0.25, 0.3) is 11.3 Å². The maximum atomic E-state index is 13.3. The highest BCUT2D eigenvalue weighted by molar-refractivity contribution is 5.94. The van der Waals surface area contributed by atoms with Gasteiger partial charge in [0.1, 0.15) is 23.9 Å². The van der Waals surface area contributed by atoms with Crippen molar-refractivity contribution in [2.24, 2.45) is 0 Å². The van der Waals surface area contributed by atoms with Gasteiger partial charge in [-0.25, -0.2) is 4.39 Å². The molecule has 2 N–H and O–H groups in total. The van der Waals surface area contributed by atoms with E-state index < -0.39 is 5.60 Å². The number of carbonyl (C=O) groups is 2. The number of aromatic nitrogens is 2. The molecule has 1 unspecified atom stereocenters. The van der Waals surface area contributed by atoms with Crippen LogP contribution in [0.2, 0.25) is 0 Å². The van der Waals surface area contributed by atoms with E-state index in [1.54, 1.807) is 23.1 Å². The van der Waals surface area contributed by atoms with Crippen LogP contribution in [-0.2, 0) is 16.0 Å². The van der Waals surface area contributed by atoms with E-state index in [-0.39, 0.29) is 30.8 Å². The van der Waals surface area contributed by atoms with Crippen LogP contribution in [0.3, 0.4) is 0 Å². The Morgan fingerprint density at radius 3 is 2.78 bits per heavy atom. The Kier molecular flexibility index (Phi) is 6.99. The molecule has 2 aromatic carbocycles. The van der Waals surface area contributed by atoms with E-state index in [2.05, 4.69) is 21.6 Å². The summed E-state index contributed by atoms with van der Waals surface area (Å²) in [6.45, 7) is 1.47. The lowest BCUT2D eigenvalue weighted by molar-refractivity contribution is -0.159. The first kappa shape index (κ1) is 24.0. The number of hydrogen-bond donors (Lipinski definition) is 2. The zero-order valence-electron chi connectivity index (χ0n) is 20.0. The zero-order chi connectivity index (χ0) is 25.0. The van der Waals surface area contributed by atoms with Crippen molar-refractivity contribution in [3.05, 3.63) is 71.7 Å². The minimum atomic E-state index is -1.12. The van der Waals surface area contributed by atoms with E-state index in [1.165, 1.54) is 12.1 Å². The quantitative estimate of drug-likeness (QED) is 0.572. The number of fused-ring (bicyclic) bond motifs is 1. The molecule has 3 heterocycles. The molecule has 0 saturated carbocycles. The maximum Gasteiger partial charge on any atom is 0.272 e. The average Bonchev–Trinajstić information content (AvgIpc) is 3.39. The van der Waals surface area contributed by atoms with Gasteiger partial charge in [0.2, 0.25) is 0 Å². The summed E-state index contributed by atoms with van der Waals surface area (Å²) in [6, 6.07) is 15.5. The smallest absolute Gasteiger partial charge is 0.272 e. The third-order valence-electron chi connectivity index (χ3n) is 6.73.